The Morgan fingerprint density at radius 3 is 2.94 bits per heavy atom. The molecule has 1 fully saturated rings. The fourth-order valence-corrected chi connectivity index (χ4v) is 1.83. The number of rotatable bonds is 2. The lowest BCUT2D eigenvalue weighted by Gasteiger charge is -2.08. The summed E-state index contributed by atoms with van der Waals surface area (Å²) in [6.07, 6.45) is 1.62. The fraction of sp³-hybridized carbons (Fsp3) is 0.273. The zero-order chi connectivity index (χ0) is 11.8. The molecule has 6 nitrogen and oxygen atoms in total. The molecule has 1 aromatic heterocycles. The maximum absolute atomic E-state index is 9.16. The predicted octanol–water partition coefficient (Wildman–Crippen LogP) is 0.914. The van der Waals surface area contributed by atoms with Crippen molar-refractivity contribution in [2.75, 3.05) is 6.61 Å². The van der Waals surface area contributed by atoms with E-state index in [0.717, 1.165) is 17.7 Å². The minimum atomic E-state index is 0.144. The Labute approximate surface area is 97.4 Å². The Hall–Kier alpha value is -2.26. The molecule has 17 heavy (non-hydrogen) atoms. The van der Waals surface area contributed by atoms with Crippen LogP contribution in [0.5, 0.6) is 0 Å². The highest BCUT2D eigenvalue weighted by molar-refractivity contribution is 5.53. The first-order valence-corrected chi connectivity index (χ1v) is 5.19. The summed E-state index contributed by atoms with van der Waals surface area (Å²) in [5, 5.41) is 20.1. The van der Waals surface area contributed by atoms with Gasteiger partial charge in [0.25, 0.3) is 0 Å². The maximum atomic E-state index is 9.16. The number of aryl methyl sites for hydroxylation is 1. The highest BCUT2D eigenvalue weighted by Crippen LogP contribution is 2.34. The predicted molar refractivity (Wildman–Crippen MR) is 57.3 cm³/mol. The standard InChI is InChI=1S/C11H9N5O/c1-7-2-10(16-6-13-14-15-16)8(4-12)3-9(7)11-5-17-11/h2-3,6,11H,5H2,1H3. The molecule has 2 heterocycles. The monoisotopic (exact) mass is 227 g/mol. The van der Waals surface area contributed by atoms with Gasteiger partial charge in [0.05, 0.1) is 17.9 Å². The molecule has 0 N–H and O–H groups in total. The third-order valence-electron chi connectivity index (χ3n) is 2.78. The quantitative estimate of drug-likeness (QED) is 0.712. The summed E-state index contributed by atoms with van der Waals surface area (Å²) in [5.41, 5.74) is 3.39. The molecule has 1 atom stereocenters. The molecule has 6 heteroatoms. The number of nitrogens with zero attached hydrogens (tertiary/aromatic N) is 5. The van der Waals surface area contributed by atoms with E-state index in [9.17, 15) is 0 Å². The molecule has 0 saturated carbocycles. The summed E-state index contributed by atoms with van der Waals surface area (Å²) in [5.74, 6) is 0. The lowest BCUT2D eigenvalue weighted by Crippen LogP contribution is -2.01. The molecule has 0 spiro atoms. The van der Waals surface area contributed by atoms with Gasteiger partial charge in [-0.05, 0) is 40.6 Å². The van der Waals surface area contributed by atoms with Crippen molar-refractivity contribution in [1.29, 1.82) is 5.26 Å². The van der Waals surface area contributed by atoms with Crippen molar-refractivity contribution < 1.29 is 4.74 Å². The fourth-order valence-electron chi connectivity index (χ4n) is 1.83. The summed E-state index contributed by atoms with van der Waals surface area (Å²) in [4.78, 5) is 0. The van der Waals surface area contributed by atoms with E-state index in [2.05, 4.69) is 21.6 Å². The summed E-state index contributed by atoms with van der Waals surface area (Å²) in [6, 6.07) is 5.92. The van der Waals surface area contributed by atoms with Gasteiger partial charge in [-0.2, -0.15) is 9.94 Å². The van der Waals surface area contributed by atoms with Crippen LogP contribution in [-0.2, 0) is 4.74 Å². The first-order valence-electron chi connectivity index (χ1n) is 5.19. The molecule has 3 rings (SSSR count). The highest BCUT2D eigenvalue weighted by Gasteiger charge is 2.27. The number of tetrazole rings is 1. The van der Waals surface area contributed by atoms with E-state index in [1.807, 2.05) is 19.1 Å². The average molecular weight is 227 g/mol. The van der Waals surface area contributed by atoms with Crippen molar-refractivity contribution in [3.05, 3.63) is 35.2 Å². The number of ether oxygens (including phenoxy) is 1. The van der Waals surface area contributed by atoms with Crippen LogP contribution in [0.15, 0.2) is 18.5 Å². The van der Waals surface area contributed by atoms with Crippen LogP contribution in [0, 0.1) is 18.3 Å². The summed E-state index contributed by atoms with van der Waals surface area (Å²) in [6.45, 7) is 2.72. The molecule has 84 valence electrons. The SMILES string of the molecule is Cc1cc(-n2cnnn2)c(C#N)cc1C1CO1. The summed E-state index contributed by atoms with van der Waals surface area (Å²) in [7, 11) is 0. The maximum Gasteiger partial charge on any atom is 0.143 e. The minimum absolute atomic E-state index is 0.144. The molecule has 1 unspecified atom stereocenters. The third kappa shape index (κ3) is 1.66. The lowest BCUT2D eigenvalue weighted by molar-refractivity contribution is 0.415. The van der Waals surface area contributed by atoms with Crippen molar-refractivity contribution in [2.24, 2.45) is 0 Å². The van der Waals surface area contributed by atoms with Gasteiger partial charge in [-0.1, -0.05) is 0 Å². The normalized spacial score (nSPS) is 17.8. The van der Waals surface area contributed by atoms with Gasteiger partial charge in [0, 0.05) is 0 Å². The largest absolute Gasteiger partial charge is 0.368 e. The van der Waals surface area contributed by atoms with E-state index in [0.29, 0.717) is 11.3 Å². The van der Waals surface area contributed by atoms with Crippen molar-refractivity contribution in [3.63, 3.8) is 0 Å². The number of hydrogen-bond donors (Lipinski definition) is 0. The molecule has 0 aliphatic carbocycles. The zero-order valence-electron chi connectivity index (χ0n) is 9.16. The Balaban J connectivity index is 2.16. The summed E-state index contributed by atoms with van der Waals surface area (Å²) < 4.78 is 6.74. The molecule has 1 aromatic carbocycles. The second-order valence-electron chi connectivity index (χ2n) is 3.91. The van der Waals surface area contributed by atoms with E-state index in [1.54, 1.807) is 0 Å². The van der Waals surface area contributed by atoms with E-state index in [4.69, 9.17) is 10.00 Å². The Morgan fingerprint density at radius 2 is 2.35 bits per heavy atom. The van der Waals surface area contributed by atoms with Crippen molar-refractivity contribution in [2.45, 2.75) is 13.0 Å². The van der Waals surface area contributed by atoms with E-state index in [-0.39, 0.29) is 6.10 Å². The van der Waals surface area contributed by atoms with E-state index in [1.165, 1.54) is 11.0 Å². The molecule has 0 bridgehead atoms. The topological polar surface area (TPSA) is 79.9 Å². The molecular weight excluding hydrogens is 218 g/mol. The third-order valence-corrected chi connectivity index (χ3v) is 2.78. The minimum Gasteiger partial charge on any atom is -0.368 e. The molecule has 1 aliphatic heterocycles. The van der Waals surface area contributed by atoms with Gasteiger partial charge in [-0.15, -0.1) is 5.10 Å². The van der Waals surface area contributed by atoms with Gasteiger partial charge in [0.2, 0.25) is 0 Å². The number of benzene rings is 1. The van der Waals surface area contributed by atoms with Crippen LogP contribution in [0.3, 0.4) is 0 Å². The Morgan fingerprint density at radius 1 is 1.53 bits per heavy atom. The van der Waals surface area contributed by atoms with Crippen molar-refractivity contribution in [3.8, 4) is 11.8 Å². The highest BCUT2D eigenvalue weighted by atomic mass is 16.6. The van der Waals surface area contributed by atoms with Crippen LogP contribution in [-0.4, -0.2) is 26.8 Å². The molecule has 0 radical (unpaired) electrons. The number of hydrogen-bond acceptors (Lipinski definition) is 5. The van der Waals surface area contributed by atoms with E-state index >= 15 is 0 Å². The average Bonchev–Trinajstić information content (AvgIpc) is 3.04. The van der Waals surface area contributed by atoms with Crippen LogP contribution < -0.4 is 0 Å². The first kappa shape index (κ1) is 9.93. The van der Waals surface area contributed by atoms with Gasteiger partial charge >= 0.3 is 0 Å². The van der Waals surface area contributed by atoms with Crippen LogP contribution in [0.25, 0.3) is 5.69 Å². The van der Waals surface area contributed by atoms with Crippen LogP contribution in [0.1, 0.15) is 22.8 Å². The van der Waals surface area contributed by atoms with E-state index < -0.39 is 0 Å². The van der Waals surface area contributed by atoms with Gasteiger partial charge in [-0.25, -0.2) is 0 Å². The molecule has 2 aromatic rings. The molecule has 1 aliphatic rings. The smallest absolute Gasteiger partial charge is 0.143 e. The van der Waals surface area contributed by atoms with Gasteiger partial charge in [0.15, 0.2) is 0 Å². The Bertz CT molecular complexity index is 595. The lowest BCUT2D eigenvalue weighted by atomic mass is 10.0. The number of nitriles is 1. The zero-order valence-corrected chi connectivity index (χ0v) is 9.16. The Kier molecular flexibility index (Phi) is 2.13. The molecule has 1 saturated heterocycles. The number of epoxide rings is 1. The molecular formula is C11H9N5O. The summed E-state index contributed by atoms with van der Waals surface area (Å²) >= 11 is 0. The second kappa shape index (κ2) is 3.64. The second-order valence-corrected chi connectivity index (χ2v) is 3.91. The van der Waals surface area contributed by atoms with Gasteiger partial charge < -0.3 is 4.74 Å². The van der Waals surface area contributed by atoms with Crippen LogP contribution in [0.2, 0.25) is 0 Å². The van der Waals surface area contributed by atoms with Crippen molar-refractivity contribution >= 4 is 0 Å². The van der Waals surface area contributed by atoms with Crippen molar-refractivity contribution in [1.82, 2.24) is 20.2 Å². The van der Waals surface area contributed by atoms with Gasteiger partial charge in [0.1, 0.15) is 18.5 Å². The number of aromatic nitrogens is 4. The van der Waals surface area contributed by atoms with Crippen LogP contribution >= 0.6 is 0 Å². The van der Waals surface area contributed by atoms with Crippen LogP contribution in [0.4, 0.5) is 0 Å². The first-order chi connectivity index (χ1) is 8.29. The molecule has 0 amide bonds. The van der Waals surface area contributed by atoms with Gasteiger partial charge in [-0.3, -0.25) is 0 Å².